The van der Waals surface area contributed by atoms with Crippen molar-refractivity contribution in [3.8, 4) is 0 Å². The van der Waals surface area contributed by atoms with Gasteiger partial charge in [-0.15, -0.1) is 11.3 Å². The molecule has 0 aliphatic carbocycles. The van der Waals surface area contributed by atoms with Crippen LogP contribution in [-0.2, 0) is 4.79 Å². The molecule has 78 valence electrons. The number of carbonyl (C=O) groups is 1. The van der Waals surface area contributed by atoms with Gasteiger partial charge in [-0.05, 0) is 35.1 Å². The van der Waals surface area contributed by atoms with Crippen molar-refractivity contribution in [2.45, 2.75) is 13.0 Å². The Hall–Kier alpha value is -0.390. The molecule has 0 bridgehead atoms. The molecule has 0 aliphatic heterocycles. The summed E-state index contributed by atoms with van der Waals surface area (Å²) < 4.78 is 1.02. The van der Waals surface area contributed by atoms with E-state index >= 15 is 0 Å². The molecule has 3 nitrogen and oxygen atoms in total. The number of rotatable bonds is 4. The molecule has 0 fully saturated rings. The monoisotopic (exact) mass is 277 g/mol. The summed E-state index contributed by atoms with van der Waals surface area (Å²) in [6.07, 6.45) is 0. The number of halogens is 1. The Balaban J connectivity index is 2.86. The van der Waals surface area contributed by atoms with Crippen LogP contribution in [0.5, 0.6) is 0 Å². The molecule has 1 aromatic rings. The second kappa shape index (κ2) is 4.91. The zero-order valence-corrected chi connectivity index (χ0v) is 10.4. The molecule has 2 N–H and O–H groups in total. The summed E-state index contributed by atoms with van der Waals surface area (Å²) in [5, 5.41) is 11.9. The summed E-state index contributed by atoms with van der Waals surface area (Å²) in [5.74, 6) is -1.21. The first-order valence-electron chi connectivity index (χ1n) is 4.21. The van der Waals surface area contributed by atoms with Crippen LogP contribution < -0.4 is 5.32 Å². The summed E-state index contributed by atoms with van der Waals surface area (Å²) in [6.45, 7) is 1.71. The van der Waals surface area contributed by atoms with E-state index in [1.807, 2.05) is 12.1 Å². The van der Waals surface area contributed by atoms with E-state index in [1.54, 1.807) is 25.3 Å². The van der Waals surface area contributed by atoms with Gasteiger partial charge in [-0.3, -0.25) is 4.79 Å². The summed E-state index contributed by atoms with van der Waals surface area (Å²) >= 11 is 4.92. The van der Waals surface area contributed by atoms with E-state index in [2.05, 4.69) is 21.2 Å². The van der Waals surface area contributed by atoms with Gasteiger partial charge >= 0.3 is 5.97 Å². The molecule has 0 aromatic carbocycles. The fourth-order valence-electron chi connectivity index (χ4n) is 1.28. The third-order valence-electron chi connectivity index (χ3n) is 2.10. The average molecular weight is 278 g/mol. The summed E-state index contributed by atoms with van der Waals surface area (Å²) in [5.41, 5.74) is 0. The molecule has 1 heterocycles. The minimum Gasteiger partial charge on any atom is -0.481 e. The van der Waals surface area contributed by atoms with Gasteiger partial charge in [-0.1, -0.05) is 6.92 Å². The Bertz CT molecular complexity index is 326. The number of hydrogen-bond donors (Lipinski definition) is 2. The molecular weight excluding hydrogens is 266 g/mol. The first-order valence-corrected chi connectivity index (χ1v) is 5.82. The maximum atomic E-state index is 10.8. The third kappa shape index (κ3) is 2.56. The molecule has 0 radical (unpaired) electrons. The van der Waals surface area contributed by atoms with Crippen molar-refractivity contribution in [2.24, 2.45) is 5.92 Å². The van der Waals surface area contributed by atoms with Crippen LogP contribution in [0.25, 0.3) is 0 Å². The lowest BCUT2D eigenvalue weighted by Gasteiger charge is -2.18. The lowest BCUT2D eigenvalue weighted by molar-refractivity contribution is -0.142. The number of nitrogens with one attached hydrogen (secondary N) is 1. The third-order valence-corrected chi connectivity index (χ3v) is 3.81. The van der Waals surface area contributed by atoms with Gasteiger partial charge in [-0.2, -0.15) is 0 Å². The van der Waals surface area contributed by atoms with Crippen LogP contribution in [0.3, 0.4) is 0 Å². The van der Waals surface area contributed by atoms with Crippen molar-refractivity contribution in [2.75, 3.05) is 7.05 Å². The van der Waals surface area contributed by atoms with Gasteiger partial charge in [0, 0.05) is 4.88 Å². The van der Waals surface area contributed by atoms with Crippen molar-refractivity contribution in [1.29, 1.82) is 0 Å². The largest absolute Gasteiger partial charge is 0.481 e. The highest BCUT2D eigenvalue weighted by molar-refractivity contribution is 9.11. The summed E-state index contributed by atoms with van der Waals surface area (Å²) in [4.78, 5) is 11.9. The van der Waals surface area contributed by atoms with Gasteiger partial charge in [0.15, 0.2) is 0 Å². The molecule has 0 saturated carbocycles. The zero-order chi connectivity index (χ0) is 10.7. The maximum Gasteiger partial charge on any atom is 0.308 e. The number of carboxylic acid groups (broad SMARTS) is 1. The van der Waals surface area contributed by atoms with E-state index in [0.717, 1.165) is 8.66 Å². The van der Waals surface area contributed by atoms with Gasteiger partial charge in [-0.25, -0.2) is 0 Å². The molecule has 2 unspecified atom stereocenters. The van der Waals surface area contributed by atoms with E-state index < -0.39 is 11.9 Å². The van der Waals surface area contributed by atoms with Crippen molar-refractivity contribution >= 4 is 33.2 Å². The highest BCUT2D eigenvalue weighted by atomic mass is 79.9. The summed E-state index contributed by atoms with van der Waals surface area (Å²) in [7, 11) is 1.78. The van der Waals surface area contributed by atoms with Gasteiger partial charge in [0.05, 0.1) is 15.7 Å². The fraction of sp³-hybridized carbons (Fsp3) is 0.444. The van der Waals surface area contributed by atoms with Crippen LogP contribution >= 0.6 is 27.3 Å². The Morgan fingerprint density at radius 3 is 2.64 bits per heavy atom. The predicted molar refractivity (Wildman–Crippen MR) is 60.6 cm³/mol. The minimum absolute atomic E-state index is 0.121. The van der Waals surface area contributed by atoms with Gasteiger partial charge in [0.2, 0.25) is 0 Å². The van der Waals surface area contributed by atoms with Crippen molar-refractivity contribution in [3.63, 3.8) is 0 Å². The van der Waals surface area contributed by atoms with Gasteiger partial charge < -0.3 is 10.4 Å². The predicted octanol–water partition coefficient (Wildman–Crippen LogP) is 2.49. The minimum atomic E-state index is -0.783. The van der Waals surface area contributed by atoms with Crippen LogP contribution in [0.4, 0.5) is 0 Å². The van der Waals surface area contributed by atoms with Crippen LogP contribution in [0, 0.1) is 5.92 Å². The quantitative estimate of drug-likeness (QED) is 0.889. The van der Waals surface area contributed by atoms with Crippen LogP contribution in [0.15, 0.2) is 15.9 Å². The molecule has 1 rings (SSSR count). The fourth-order valence-corrected chi connectivity index (χ4v) is 2.92. The second-order valence-corrected chi connectivity index (χ2v) is 5.53. The van der Waals surface area contributed by atoms with E-state index in [0.29, 0.717) is 0 Å². The molecule has 0 spiro atoms. The molecule has 5 heteroatoms. The van der Waals surface area contributed by atoms with Gasteiger partial charge in [0.1, 0.15) is 0 Å². The molecule has 1 aromatic heterocycles. The van der Waals surface area contributed by atoms with Gasteiger partial charge in [0.25, 0.3) is 0 Å². The maximum absolute atomic E-state index is 10.8. The Labute approximate surface area is 95.3 Å². The van der Waals surface area contributed by atoms with E-state index in [-0.39, 0.29) is 6.04 Å². The van der Waals surface area contributed by atoms with Crippen molar-refractivity contribution in [1.82, 2.24) is 5.32 Å². The lowest BCUT2D eigenvalue weighted by atomic mass is 10.0. The summed E-state index contributed by atoms with van der Waals surface area (Å²) in [6, 6.07) is 3.75. The van der Waals surface area contributed by atoms with Crippen LogP contribution in [0.2, 0.25) is 0 Å². The molecule has 2 atom stereocenters. The van der Waals surface area contributed by atoms with Crippen molar-refractivity contribution in [3.05, 3.63) is 20.8 Å². The average Bonchev–Trinajstić information content (AvgIpc) is 2.53. The second-order valence-electron chi connectivity index (χ2n) is 3.04. The number of carboxylic acids is 1. The first kappa shape index (κ1) is 11.7. The Morgan fingerprint density at radius 1 is 1.64 bits per heavy atom. The van der Waals surface area contributed by atoms with E-state index in [9.17, 15) is 4.79 Å². The van der Waals surface area contributed by atoms with Crippen LogP contribution in [0.1, 0.15) is 17.8 Å². The number of thiophene rings is 1. The van der Waals surface area contributed by atoms with E-state index in [4.69, 9.17) is 5.11 Å². The number of aliphatic carboxylic acids is 1. The molecule has 0 saturated heterocycles. The van der Waals surface area contributed by atoms with Crippen molar-refractivity contribution < 1.29 is 9.90 Å². The van der Waals surface area contributed by atoms with E-state index in [1.165, 1.54) is 0 Å². The molecular formula is C9H12BrNO2S. The highest BCUT2D eigenvalue weighted by Crippen LogP contribution is 2.31. The Morgan fingerprint density at radius 2 is 2.29 bits per heavy atom. The van der Waals surface area contributed by atoms with Crippen LogP contribution in [-0.4, -0.2) is 18.1 Å². The smallest absolute Gasteiger partial charge is 0.308 e. The number of hydrogen-bond acceptors (Lipinski definition) is 3. The zero-order valence-electron chi connectivity index (χ0n) is 7.95. The highest BCUT2D eigenvalue weighted by Gasteiger charge is 2.24. The topological polar surface area (TPSA) is 49.3 Å². The SMILES string of the molecule is CNC(c1ccc(Br)s1)C(C)C(=O)O. The first-order chi connectivity index (χ1) is 6.56. The Kier molecular flexibility index (Phi) is 4.10. The normalized spacial score (nSPS) is 15.1. The molecule has 0 amide bonds. The standard InChI is InChI=1S/C9H12BrNO2S/c1-5(9(12)13)8(11-2)6-3-4-7(10)14-6/h3-5,8,11H,1-2H3,(H,12,13). The molecule has 14 heavy (non-hydrogen) atoms. The molecule has 0 aliphatic rings. The lowest BCUT2D eigenvalue weighted by Crippen LogP contribution is -2.27.